The Kier molecular flexibility index (Phi) is 5.53. The number of nitrogens with zero attached hydrogens (tertiary/aromatic N) is 2. The normalized spacial score (nSPS) is 15.3. The zero-order valence-electron chi connectivity index (χ0n) is 19.4. The van der Waals surface area contributed by atoms with Crippen LogP contribution in [0, 0.1) is 20.8 Å². The van der Waals surface area contributed by atoms with Gasteiger partial charge in [-0.1, -0.05) is 48.0 Å². The average molecular weight is 484 g/mol. The van der Waals surface area contributed by atoms with Crippen molar-refractivity contribution >= 4 is 52.0 Å². The molecule has 0 atom stereocenters. The first kappa shape index (κ1) is 22.6. The molecule has 0 aliphatic carbocycles. The summed E-state index contributed by atoms with van der Waals surface area (Å²) < 4.78 is 2.08. The predicted molar refractivity (Wildman–Crippen MR) is 138 cm³/mol. The van der Waals surface area contributed by atoms with Crippen molar-refractivity contribution in [2.45, 2.75) is 20.8 Å². The summed E-state index contributed by atoms with van der Waals surface area (Å²) in [5.74, 6) is -1.43. The lowest BCUT2D eigenvalue weighted by molar-refractivity contribution is -0.122. The summed E-state index contributed by atoms with van der Waals surface area (Å²) in [6.07, 6.45) is 1.53. The minimum atomic E-state index is -0.807. The molecule has 7 heteroatoms. The Morgan fingerprint density at radius 3 is 2.29 bits per heavy atom. The van der Waals surface area contributed by atoms with Crippen LogP contribution in [0.1, 0.15) is 22.5 Å². The van der Waals surface area contributed by atoms with Gasteiger partial charge in [-0.3, -0.25) is 14.9 Å². The fraction of sp³-hybridized carbons (Fsp3) is 0.107. The summed E-state index contributed by atoms with van der Waals surface area (Å²) in [4.78, 5) is 39.4. The Morgan fingerprint density at radius 1 is 0.829 bits per heavy atom. The third kappa shape index (κ3) is 3.92. The lowest BCUT2D eigenvalue weighted by Crippen LogP contribution is -2.54. The first-order chi connectivity index (χ1) is 16.7. The first-order valence-corrected chi connectivity index (χ1v) is 11.5. The van der Waals surface area contributed by atoms with E-state index in [1.165, 1.54) is 12.1 Å². The fourth-order valence-corrected chi connectivity index (χ4v) is 4.59. The topological polar surface area (TPSA) is 71.4 Å². The molecule has 1 saturated heterocycles. The molecule has 0 radical (unpaired) electrons. The van der Waals surface area contributed by atoms with Gasteiger partial charge in [0.25, 0.3) is 11.8 Å². The van der Waals surface area contributed by atoms with Crippen LogP contribution in [0.4, 0.5) is 10.5 Å². The van der Waals surface area contributed by atoms with E-state index < -0.39 is 17.8 Å². The molecule has 0 saturated carbocycles. The van der Waals surface area contributed by atoms with Crippen LogP contribution in [0.3, 0.4) is 0 Å². The summed E-state index contributed by atoms with van der Waals surface area (Å²) in [5.41, 5.74) is 4.50. The zero-order valence-corrected chi connectivity index (χ0v) is 20.2. The molecular formula is C28H22ClN3O3. The van der Waals surface area contributed by atoms with Gasteiger partial charge in [0.2, 0.25) is 0 Å². The Balaban J connectivity index is 1.56. The predicted octanol–water partition coefficient (Wildman–Crippen LogP) is 5.88. The molecule has 1 fully saturated rings. The molecule has 4 aromatic rings. The van der Waals surface area contributed by atoms with E-state index in [1.54, 1.807) is 12.1 Å². The second kappa shape index (κ2) is 8.56. The van der Waals surface area contributed by atoms with E-state index in [0.29, 0.717) is 16.3 Å². The van der Waals surface area contributed by atoms with Crippen molar-refractivity contribution in [1.82, 2.24) is 9.88 Å². The van der Waals surface area contributed by atoms with Crippen molar-refractivity contribution < 1.29 is 14.4 Å². The number of hydrogen-bond acceptors (Lipinski definition) is 3. The lowest BCUT2D eigenvalue weighted by Gasteiger charge is -2.26. The van der Waals surface area contributed by atoms with Crippen molar-refractivity contribution in [3.05, 3.63) is 99.8 Å². The maximum Gasteiger partial charge on any atom is 0.335 e. The van der Waals surface area contributed by atoms with Crippen molar-refractivity contribution in [2.24, 2.45) is 0 Å². The minimum absolute atomic E-state index is 0.125. The number of carbonyl (C=O) groups excluding carboxylic acids is 3. The number of amides is 4. The highest BCUT2D eigenvalue weighted by atomic mass is 35.5. The number of carbonyl (C=O) groups is 3. The smallest absolute Gasteiger partial charge is 0.318 e. The number of nitrogens with one attached hydrogen (secondary N) is 1. The molecule has 0 spiro atoms. The molecular weight excluding hydrogens is 462 g/mol. The summed E-state index contributed by atoms with van der Waals surface area (Å²) in [6, 6.07) is 20.3. The molecule has 174 valence electrons. The Morgan fingerprint density at radius 2 is 1.54 bits per heavy atom. The van der Waals surface area contributed by atoms with Gasteiger partial charge >= 0.3 is 6.03 Å². The number of aromatic nitrogens is 1. The number of imide groups is 2. The SMILES string of the molecule is Cc1ccc(N2C(=O)NC(=O)C(=Cc3cc(C)n(-c4ccc5ccccc5c4)c3C)C2=O)cc1Cl. The first-order valence-electron chi connectivity index (χ1n) is 11.1. The highest BCUT2D eigenvalue weighted by Crippen LogP contribution is 2.29. The molecule has 6 nitrogen and oxygen atoms in total. The molecule has 1 aliphatic heterocycles. The molecule has 0 unspecified atom stereocenters. The number of urea groups is 1. The number of halogens is 1. The highest BCUT2D eigenvalue weighted by molar-refractivity contribution is 6.39. The van der Waals surface area contributed by atoms with E-state index in [1.807, 2.05) is 45.0 Å². The van der Waals surface area contributed by atoms with E-state index in [-0.39, 0.29) is 5.57 Å². The van der Waals surface area contributed by atoms with Crippen LogP contribution in [-0.4, -0.2) is 22.4 Å². The highest BCUT2D eigenvalue weighted by Gasteiger charge is 2.37. The standard InChI is InChI=1S/C28H22ClN3O3/c1-16-8-10-23(15-25(16)29)32-27(34)24(26(33)30-28(32)35)14-21-12-17(2)31(18(21)3)22-11-9-19-6-4-5-7-20(19)13-22/h4-15H,1-3H3,(H,30,33,35). The number of fused-ring (bicyclic) bond motifs is 1. The molecule has 2 heterocycles. The van der Waals surface area contributed by atoms with Crippen LogP contribution in [0.15, 0.2) is 72.3 Å². The second-order valence-electron chi connectivity index (χ2n) is 8.58. The number of barbiturate groups is 1. The quantitative estimate of drug-likeness (QED) is 0.292. The largest absolute Gasteiger partial charge is 0.335 e. The second-order valence-corrected chi connectivity index (χ2v) is 8.99. The summed E-state index contributed by atoms with van der Waals surface area (Å²) >= 11 is 6.20. The maximum absolute atomic E-state index is 13.3. The van der Waals surface area contributed by atoms with Crippen molar-refractivity contribution in [1.29, 1.82) is 0 Å². The third-order valence-corrected chi connectivity index (χ3v) is 6.68. The van der Waals surface area contributed by atoms with Crippen molar-refractivity contribution in [2.75, 3.05) is 4.90 Å². The minimum Gasteiger partial charge on any atom is -0.318 e. The number of hydrogen-bond donors (Lipinski definition) is 1. The summed E-state index contributed by atoms with van der Waals surface area (Å²) in [5, 5.41) is 4.95. The van der Waals surface area contributed by atoms with Crippen LogP contribution >= 0.6 is 11.6 Å². The van der Waals surface area contributed by atoms with Gasteiger partial charge in [0.1, 0.15) is 5.57 Å². The molecule has 4 amide bonds. The number of rotatable bonds is 3. The fourth-order valence-electron chi connectivity index (χ4n) is 4.42. The van der Waals surface area contributed by atoms with Gasteiger partial charge in [0, 0.05) is 22.1 Å². The van der Waals surface area contributed by atoms with Gasteiger partial charge < -0.3 is 4.57 Å². The van der Waals surface area contributed by atoms with Crippen LogP contribution in [0.2, 0.25) is 5.02 Å². The Labute approximate surface area is 207 Å². The van der Waals surface area contributed by atoms with Crippen molar-refractivity contribution in [3.8, 4) is 5.69 Å². The Hall–Kier alpha value is -4.16. The summed E-state index contributed by atoms with van der Waals surface area (Å²) in [6.45, 7) is 5.73. The van der Waals surface area contributed by atoms with E-state index in [9.17, 15) is 14.4 Å². The summed E-state index contributed by atoms with van der Waals surface area (Å²) in [7, 11) is 0. The third-order valence-electron chi connectivity index (χ3n) is 6.28. The van der Waals surface area contributed by atoms with Crippen LogP contribution in [0.25, 0.3) is 22.5 Å². The van der Waals surface area contributed by atoms with Crippen LogP contribution in [0.5, 0.6) is 0 Å². The van der Waals surface area contributed by atoms with Gasteiger partial charge in [0.15, 0.2) is 0 Å². The molecule has 1 N–H and O–H groups in total. The van der Waals surface area contributed by atoms with E-state index in [0.717, 1.165) is 38.3 Å². The van der Waals surface area contributed by atoms with Gasteiger partial charge in [-0.25, -0.2) is 9.69 Å². The van der Waals surface area contributed by atoms with E-state index in [4.69, 9.17) is 11.6 Å². The van der Waals surface area contributed by atoms with E-state index in [2.05, 4.69) is 34.1 Å². The Bertz CT molecular complexity index is 1580. The molecule has 0 bridgehead atoms. The molecule has 1 aromatic heterocycles. The maximum atomic E-state index is 13.3. The van der Waals surface area contributed by atoms with Gasteiger partial charge in [-0.15, -0.1) is 0 Å². The van der Waals surface area contributed by atoms with Crippen LogP contribution < -0.4 is 10.2 Å². The number of benzene rings is 3. The molecule has 35 heavy (non-hydrogen) atoms. The average Bonchev–Trinajstić information content (AvgIpc) is 3.11. The van der Waals surface area contributed by atoms with Crippen LogP contribution in [-0.2, 0) is 9.59 Å². The molecule has 1 aliphatic rings. The van der Waals surface area contributed by atoms with Gasteiger partial charge in [-0.05, 0) is 79.1 Å². The van der Waals surface area contributed by atoms with E-state index >= 15 is 0 Å². The lowest BCUT2D eigenvalue weighted by atomic mass is 10.1. The van der Waals surface area contributed by atoms with Crippen molar-refractivity contribution in [3.63, 3.8) is 0 Å². The number of aryl methyl sites for hydroxylation is 2. The number of anilines is 1. The zero-order chi connectivity index (χ0) is 24.9. The molecule has 3 aromatic carbocycles. The van der Waals surface area contributed by atoms with Gasteiger partial charge in [-0.2, -0.15) is 0 Å². The van der Waals surface area contributed by atoms with Gasteiger partial charge in [0.05, 0.1) is 5.69 Å². The monoisotopic (exact) mass is 483 g/mol. The molecule has 5 rings (SSSR count).